The molecule has 1 atom stereocenters. The van der Waals surface area contributed by atoms with E-state index >= 15 is 0 Å². The second kappa shape index (κ2) is 15.3. The maximum atomic E-state index is 14.2. The second-order valence-electron chi connectivity index (χ2n) is 10.2. The average Bonchev–Trinajstić information content (AvgIpc) is 2.99. The standard InChI is InChI=1S/C32H41N3O6S/c1-6-30(32(37)33-21-24(3)4)34(22-25-12-11-13-28(20-25)40-5)31(36)23-35(26-16-18-27(19-17-26)41-7-2)42(38,39)29-14-9-8-10-15-29/h8-20,24,30H,6-7,21-23H2,1-5H3,(H,33,37)/t30-/m0/s1. The lowest BCUT2D eigenvalue weighted by atomic mass is 10.1. The van der Waals surface area contributed by atoms with Crippen LogP contribution in [0.25, 0.3) is 0 Å². The number of benzene rings is 3. The first kappa shape index (κ1) is 32.5. The summed E-state index contributed by atoms with van der Waals surface area (Å²) >= 11 is 0. The van der Waals surface area contributed by atoms with Crippen LogP contribution < -0.4 is 19.1 Å². The molecule has 0 aromatic heterocycles. The first-order valence-corrected chi connectivity index (χ1v) is 15.5. The zero-order valence-electron chi connectivity index (χ0n) is 24.9. The van der Waals surface area contributed by atoms with Crippen molar-refractivity contribution in [2.75, 3.05) is 31.1 Å². The summed E-state index contributed by atoms with van der Waals surface area (Å²) in [6, 6.07) is 20.9. The summed E-state index contributed by atoms with van der Waals surface area (Å²) in [5, 5.41) is 2.93. The number of hydrogen-bond donors (Lipinski definition) is 1. The highest BCUT2D eigenvalue weighted by molar-refractivity contribution is 7.92. The van der Waals surface area contributed by atoms with Crippen molar-refractivity contribution in [1.82, 2.24) is 10.2 Å². The minimum Gasteiger partial charge on any atom is -0.497 e. The third kappa shape index (κ3) is 8.48. The van der Waals surface area contributed by atoms with Gasteiger partial charge in [0.2, 0.25) is 11.8 Å². The molecule has 3 aromatic carbocycles. The molecule has 3 aromatic rings. The van der Waals surface area contributed by atoms with Crippen molar-refractivity contribution in [3.63, 3.8) is 0 Å². The zero-order chi connectivity index (χ0) is 30.7. The van der Waals surface area contributed by atoms with E-state index in [0.717, 1.165) is 9.87 Å². The fourth-order valence-electron chi connectivity index (χ4n) is 4.43. The molecule has 2 amide bonds. The molecule has 0 unspecified atom stereocenters. The van der Waals surface area contributed by atoms with Crippen molar-refractivity contribution in [2.45, 2.75) is 51.6 Å². The van der Waals surface area contributed by atoms with Gasteiger partial charge < -0.3 is 19.7 Å². The molecule has 42 heavy (non-hydrogen) atoms. The largest absolute Gasteiger partial charge is 0.497 e. The van der Waals surface area contributed by atoms with Gasteiger partial charge in [0, 0.05) is 13.1 Å². The van der Waals surface area contributed by atoms with Gasteiger partial charge in [-0.1, -0.05) is 51.1 Å². The van der Waals surface area contributed by atoms with Gasteiger partial charge in [-0.2, -0.15) is 0 Å². The highest BCUT2D eigenvalue weighted by Crippen LogP contribution is 2.27. The average molecular weight is 596 g/mol. The van der Waals surface area contributed by atoms with E-state index in [2.05, 4.69) is 5.32 Å². The molecule has 3 rings (SSSR count). The fraction of sp³-hybridized carbons (Fsp3) is 0.375. The first-order valence-electron chi connectivity index (χ1n) is 14.1. The van der Waals surface area contributed by atoms with Gasteiger partial charge in [0.25, 0.3) is 10.0 Å². The Morgan fingerprint density at radius 3 is 2.19 bits per heavy atom. The third-order valence-corrected chi connectivity index (χ3v) is 8.39. The number of amides is 2. The highest BCUT2D eigenvalue weighted by Gasteiger charge is 2.33. The van der Waals surface area contributed by atoms with Crippen LogP contribution >= 0.6 is 0 Å². The molecule has 0 heterocycles. The lowest BCUT2D eigenvalue weighted by Gasteiger charge is -2.33. The van der Waals surface area contributed by atoms with Crippen molar-refractivity contribution in [1.29, 1.82) is 0 Å². The molecule has 10 heteroatoms. The molecule has 0 saturated heterocycles. The van der Waals surface area contributed by atoms with Gasteiger partial charge in [-0.25, -0.2) is 8.42 Å². The summed E-state index contributed by atoms with van der Waals surface area (Å²) in [4.78, 5) is 29.0. The molecule has 1 N–H and O–H groups in total. The number of nitrogens with zero attached hydrogens (tertiary/aromatic N) is 2. The Morgan fingerprint density at radius 2 is 1.60 bits per heavy atom. The summed E-state index contributed by atoms with van der Waals surface area (Å²) in [6.45, 7) is 8.16. The van der Waals surface area contributed by atoms with Crippen LogP contribution in [0.1, 0.15) is 39.7 Å². The molecule has 9 nitrogen and oxygen atoms in total. The maximum absolute atomic E-state index is 14.2. The van der Waals surface area contributed by atoms with Crippen molar-refractivity contribution >= 4 is 27.5 Å². The number of rotatable bonds is 15. The summed E-state index contributed by atoms with van der Waals surface area (Å²) in [5.74, 6) is 0.607. The molecule has 0 aliphatic rings. The van der Waals surface area contributed by atoms with E-state index in [4.69, 9.17) is 9.47 Å². The van der Waals surface area contributed by atoms with E-state index in [1.807, 2.05) is 39.8 Å². The van der Waals surface area contributed by atoms with Gasteiger partial charge in [-0.05, 0) is 73.4 Å². The molecular formula is C32H41N3O6S. The van der Waals surface area contributed by atoms with Crippen LogP contribution in [-0.4, -0.2) is 58.0 Å². The Kier molecular flexibility index (Phi) is 11.8. The predicted octanol–water partition coefficient (Wildman–Crippen LogP) is 4.87. The van der Waals surface area contributed by atoms with Gasteiger partial charge >= 0.3 is 0 Å². The Morgan fingerprint density at radius 1 is 0.905 bits per heavy atom. The number of nitrogens with one attached hydrogen (secondary N) is 1. The van der Waals surface area contributed by atoms with Gasteiger partial charge in [0.1, 0.15) is 24.1 Å². The Bertz CT molecular complexity index is 1410. The minimum absolute atomic E-state index is 0.0488. The highest BCUT2D eigenvalue weighted by atomic mass is 32.2. The maximum Gasteiger partial charge on any atom is 0.264 e. The smallest absolute Gasteiger partial charge is 0.264 e. The lowest BCUT2D eigenvalue weighted by molar-refractivity contribution is -0.140. The number of ether oxygens (including phenoxy) is 2. The molecule has 0 fully saturated rings. The van der Waals surface area contributed by atoms with Gasteiger partial charge in [0.05, 0.1) is 24.3 Å². The summed E-state index contributed by atoms with van der Waals surface area (Å²) in [6.07, 6.45) is 0.341. The van der Waals surface area contributed by atoms with Gasteiger partial charge in [-0.3, -0.25) is 13.9 Å². The molecule has 0 spiro atoms. The summed E-state index contributed by atoms with van der Waals surface area (Å²) < 4.78 is 39.8. The molecule has 0 aliphatic carbocycles. The number of carbonyl (C=O) groups is 2. The SMILES string of the molecule is CCOc1ccc(N(CC(=O)N(Cc2cccc(OC)c2)[C@@H](CC)C(=O)NCC(C)C)S(=O)(=O)c2ccccc2)cc1. The van der Waals surface area contributed by atoms with Crippen molar-refractivity contribution < 1.29 is 27.5 Å². The lowest BCUT2D eigenvalue weighted by Crippen LogP contribution is -2.52. The van der Waals surface area contributed by atoms with Crippen LogP contribution in [0.4, 0.5) is 5.69 Å². The topological polar surface area (TPSA) is 105 Å². The quantitative estimate of drug-likeness (QED) is 0.269. The van der Waals surface area contributed by atoms with Crippen molar-refractivity contribution in [3.8, 4) is 11.5 Å². The number of carbonyl (C=O) groups excluding carboxylic acids is 2. The molecular weight excluding hydrogens is 554 g/mol. The first-order chi connectivity index (χ1) is 20.1. The van der Waals surface area contributed by atoms with E-state index in [9.17, 15) is 18.0 Å². The molecule has 0 radical (unpaired) electrons. The zero-order valence-corrected chi connectivity index (χ0v) is 25.8. The van der Waals surface area contributed by atoms with Crippen molar-refractivity contribution in [3.05, 3.63) is 84.4 Å². The predicted molar refractivity (Wildman–Crippen MR) is 164 cm³/mol. The summed E-state index contributed by atoms with van der Waals surface area (Å²) in [7, 11) is -2.59. The Labute approximate surface area is 249 Å². The number of methoxy groups -OCH3 is 1. The van der Waals surface area contributed by atoms with E-state index in [1.165, 1.54) is 17.0 Å². The second-order valence-corrected chi connectivity index (χ2v) is 12.1. The third-order valence-electron chi connectivity index (χ3n) is 6.60. The summed E-state index contributed by atoms with van der Waals surface area (Å²) in [5.41, 5.74) is 1.05. The van der Waals surface area contributed by atoms with Crippen molar-refractivity contribution in [2.24, 2.45) is 5.92 Å². The molecule has 0 aliphatic heterocycles. The van der Waals surface area contributed by atoms with E-state index in [-0.39, 0.29) is 23.3 Å². The van der Waals surface area contributed by atoms with Crippen LogP contribution in [0.5, 0.6) is 11.5 Å². The molecule has 0 saturated carbocycles. The number of anilines is 1. The van der Waals surface area contributed by atoms with E-state index in [1.54, 1.807) is 61.7 Å². The Balaban J connectivity index is 2.04. The van der Waals surface area contributed by atoms with Crippen LogP contribution in [0.15, 0.2) is 83.8 Å². The van der Waals surface area contributed by atoms with E-state index in [0.29, 0.717) is 36.8 Å². The van der Waals surface area contributed by atoms with Gasteiger partial charge in [0.15, 0.2) is 0 Å². The fourth-order valence-corrected chi connectivity index (χ4v) is 5.87. The number of hydrogen-bond acceptors (Lipinski definition) is 6. The monoisotopic (exact) mass is 595 g/mol. The normalized spacial score (nSPS) is 12.0. The van der Waals surface area contributed by atoms with Crippen LogP contribution in [-0.2, 0) is 26.2 Å². The van der Waals surface area contributed by atoms with Gasteiger partial charge in [-0.15, -0.1) is 0 Å². The Hall–Kier alpha value is -4.05. The van der Waals surface area contributed by atoms with Crippen LogP contribution in [0, 0.1) is 5.92 Å². The van der Waals surface area contributed by atoms with Crippen LogP contribution in [0.3, 0.4) is 0 Å². The minimum atomic E-state index is -4.14. The van der Waals surface area contributed by atoms with Crippen LogP contribution in [0.2, 0.25) is 0 Å². The van der Waals surface area contributed by atoms with E-state index < -0.39 is 28.5 Å². The molecule has 226 valence electrons. The number of sulfonamides is 1. The molecule has 0 bridgehead atoms.